The van der Waals surface area contributed by atoms with E-state index in [0.717, 1.165) is 40.7 Å². The molecular weight excluding hydrogens is 322 g/mol. The van der Waals surface area contributed by atoms with Gasteiger partial charge in [0.2, 0.25) is 0 Å². The fourth-order valence-corrected chi connectivity index (χ4v) is 4.21. The Morgan fingerprint density at radius 3 is 3.00 bits per heavy atom. The van der Waals surface area contributed by atoms with Crippen LogP contribution in [0.25, 0.3) is 10.8 Å². The van der Waals surface area contributed by atoms with Gasteiger partial charge in [-0.3, -0.25) is 0 Å². The van der Waals surface area contributed by atoms with Crippen molar-refractivity contribution in [3.63, 3.8) is 0 Å². The summed E-state index contributed by atoms with van der Waals surface area (Å²) in [7, 11) is 0. The first-order chi connectivity index (χ1) is 10.3. The summed E-state index contributed by atoms with van der Waals surface area (Å²) in [5.74, 6) is 2.99. The highest BCUT2D eigenvalue weighted by Gasteiger charge is 2.10. The molecule has 0 aliphatic carbocycles. The van der Waals surface area contributed by atoms with Gasteiger partial charge in [0.1, 0.15) is 0 Å². The molecule has 0 atom stereocenters. The first kappa shape index (κ1) is 14.7. The topological polar surface area (TPSA) is 51.8 Å². The summed E-state index contributed by atoms with van der Waals surface area (Å²) in [4.78, 5) is 10.0. The third kappa shape index (κ3) is 3.93. The smallest absolute Gasteiger partial charge is 0.268 e. The van der Waals surface area contributed by atoms with Crippen molar-refractivity contribution in [2.24, 2.45) is 0 Å². The molecule has 3 aromatic rings. The van der Waals surface area contributed by atoms with Gasteiger partial charge in [0.05, 0.1) is 21.3 Å². The number of thiophene rings is 1. The van der Waals surface area contributed by atoms with E-state index in [-0.39, 0.29) is 0 Å². The van der Waals surface area contributed by atoms with Crippen LogP contribution in [0, 0.1) is 0 Å². The van der Waals surface area contributed by atoms with Crippen molar-refractivity contribution in [3.05, 3.63) is 39.4 Å². The lowest BCUT2D eigenvalue weighted by Gasteiger charge is -1.94. The van der Waals surface area contributed by atoms with E-state index in [1.807, 2.05) is 17.5 Å². The first-order valence-electron chi connectivity index (χ1n) is 6.72. The summed E-state index contributed by atoms with van der Waals surface area (Å²) in [6.45, 7) is 2.18. The number of hydrogen-bond donors (Lipinski definition) is 0. The van der Waals surface area contributed by atoms with Crippen molar-refractivity contribution in [2.75, 3.05) is 0 Å². The zero-order valence-electron chi connectivity index (χ0n) is 11.6. The molecule has 3 rings (SSSR count). The molecule has 0 unspecified atom stereocenters. The lowest BCUT2D eigenvalue weighted by atomic mass is 10.3. The number of aryl methyl sites for hydroxylation is 1. The van der Waals surface area contributed by atoms with E-state index in [9.17, 15) is 0 Å². The quantitative estimate of drug-likeness (QED) is 0.628. The lowest BCUT2D eigenvalue weighted by Crippen LogP contribution is -1.87. The van der Waals surface area contributed by atoms with Crippen molar-refractivity contribution in [3.8, 4) is 10.8 Å². The van der Waals surface area contributed by atoms with Crippen molar-refractivity contribution >= 4 is 34.4 Å². The van der Waals surface area contributed by atoms with Crippen molar-refractivity contribution < 1.29 is 4.52 Å². The molecule has 3 aromatic heterocycles. The third-order valence-electron chi connectivity index (χ3n) is 2.74. The summed E-state index contributed by atoms with van der Waals surface area (Å²) >= 11 is 5.12. The van der Waals surface area contributed by atoms with Gasteiger partial charge in [0, 0.05) is 11.1 Å². The van der Waals surface area contributed by atoms with E-state index in [1.165, 1.54) is 5.01 Å². The van der Waals surface area contributed by atoms with E-state index < -0.39 is 0 Å². The molecule has 0 aliphatic rings. The standard InChI is InChI=1S/C14H15N3OS3/c1-2-4-13-15-10(8-21-13)7-19-9-12-16-14(18-17-12)11-5-3-6-20-11/h3,5-6,8H,2,4,7,9H2,1H3. The van der Waals surface area contributed by atoms with Crippen LogP contribution in [-0.2, 0) is 17.9 Å². The Bertz CT molecular complexity index is 675. The van der Waals surface area contributed by atoms with Crippen LogP contribution in [0.5, 0.6) is 0 Å². The molecular formula is C14H15N3OS3. The van der Waals surface area contributed by atoms with Crippen LogP contribution in [0.2, 0.25) is 0 Å². The molecule has 21 heavy (non-hydrogen) atoms. The van der Waals surface area contributed by atoms with Gasteiger partial charge in [0.25, 0.3) is 5.89 Å². The highest BCUT2D eigenvalue weighted by molar-refractivity contribution is 7.97. The van der Waals surface area contributed by atoms with E-state index in [1.54, 1.807) is 34.4 Å². The van der Waals surface area contributed by atoms with E-state index in [2.05, 4.69) is 27.4 Å². The Labute approximate surface area is 135 Å². The second kappa shape index (κ2) is 7.20. The molecule has 0 aliphatic heterocycles. The van der Waals surface area contributed by atoms with Crippen LogP contribution in [0.4, 0.5) is 0 Å². The Morgan fingerprint density at radius 2 is 2.19 bits per heavy atom. The lowest BCUT2D eigenvalue weighted by molar-refractivity contribution is 0.426. The van der Waals surface area contributed by atoms with Gasteiger partial charge >= 0.3 is 0 Å². The molecule has 0 radical (unpaired) electrons. The fourth-order valence-electron chi connectivity index (χ4n) is 1.80. The number of thiazole rings is 1. The molecule has 0 fully saturated rings. The van der Waals surface area contributed by atoms with Gasteiger partial charge in [0.15, 0.2) is 5.82 Å². The van der Waals surface area contributed by atoms with Gasteiger partial charge < -0.3 is 4.52 Å². The SMILES string of the molecule is CCCc1nc(CSCc2noc(-c3cccs3)n2)cs1. The first-order valence-corrected chi connectivity index (χ1v) is 9.64. The third-order valence-corrected chi connectivity index (χ3v) is 5.52. The minimum atomic E-state index is 0.611. The normalized spacial score (nSPS) is 11.1. The highest BCUT2D eigenvalue weighted by Crippen LogP contribution is 2.24. The second-order valence-corrected chi connectivity index (χ2v) is 7.34. The van der Waals surface area contributed by atoms with E-state index in [4.69, 9.17) is 4.52 Å². The zero-order chi connectivity index (χ0) is 14.5. The molecule has 0 saturated heterocycles. The van der Waals surface area contributed by atoms with E-state index in [0.29, 0.717) is 5.89 Å². The zero-order valence-corrected chi connectivity index (χ0v) is 14.1. The minimum Gasteiger partial charge on any atom is -0.333 e. The van der Waals surface area contributed by atoms with Crippen LogP contribution in [0.1, 0.15) is 29.9 Å². The molecule has 0 bridgehead atoms. The van der Waals surface area contributed by atoms with Gasteiger partial charge in [-0.05, 0) is 24.3 Å². The highest BCUT2D eigenvalue weighted by atomic mass is 32.2. The molecule has 4 nitrogen and oxygen atoms in total. The predicted octanol–water partition coefficient (Wildman–Crippen LogP) is 4.64. The summed E-state index contributed by atoms with van der Waals surface area (Å²) < 4.78 is 5.27. The number of hydrogen-bond acceptors (Lipinski definition) is 7. The fraction of sp³-hybridized carbons (Fsp3) is 0.357. The predicted molar refractivity (Wildman–Crippen MR) is 88.7 cm³/mol. The van der Waals surface area contributed by atoms with Gasteiger partial charge in [-0.25, -0.2) is 4.98 Å². The van der Waals surface area contributed by atoms with E-state index >= 15 is 0 Å². The maximum absolute atomic E-state index is 5.27. The summed E-state index contributed by atoms with van der Waals surface area (Å²) in [6, 6.07) is 3.97. The van der Waals surface area contributed by atoms with Crippen LogP contribution < -0.4 is 0 Å². The number of thioether (sulfide) groups is 1. The second-order valence-electron chi connectivity index (χ2n) is 4.47. The van der Waals surface area contributed by atoms with Crippen molar-refractivity contribution in [1.82, 2.24) is 15.1 Å². The Morgan fingerprint density at radius 1 is 1.24 bits per heavy atom. The molecule has 0 N–H and O–H groups in total. The van der Waals surface area contributed by atoms with Gasteiger partial charge in [-0.1, -0.05) is 18.1 Å². The minimum absolute atomic E-state index is 0.611. The van der Waals surface area contributed by atoms with Crippen LogP contribution in [0.3, 0.4) is 0 Å². The Kier molecular flexibility index (Phi) is 5.05. The summed E-state index contributed by atoms with van der Waals surface area (Å²) in [5.41, 5.74) is 1.15. The summed E-state index contributed by atoms with van der Waals surface area (Å²) in [5, 5.41) is 9.40. The maximum Gasteiger partial charge on any atom is 0.268 e. The monoisotopic (exact) mass is 337 g/mol. The average Bonchev–Trinajstić information content (AvgIpc) is 3.20. The average molecular weight is 337 g/mol. The van der Waals surface area contributed by atoms with Crippen LogP contribution in [-0.4, -0.2) is 15.1 Å². The summed E-state index contributed by atoms with van der Waals surface area (Å²) in [6.07, 6.45) is 2.22. The number of nitrogens with zero attached hydrogens (tertiary/aromatic N) is 3. The molecule has 3 heterocycles. The van der Waals surface area contributed by atoms with Gasteiger partial charge in [-0.2, -0.15) is 4.98 Å². The number of rotatable bonds is 7. The Hall–Kier alpha value is -1.18. The van der Waals surface area contributed by atoms with Crippen molar-refractivity contribution in [2.45, 2.75) is 31.3 Å². The molecule has 0 saturated carbocycles. The molecule has 110 valence electrons. The maximum atomic E-state index is 5.27. The number of aromatic nitrogens is 3. The van der Waals surface area contributed by atoms with Crippen molar-refractivity contribution in [1.29, 1.82) is 0 Å². The molecule has 0 aromatic carbocycles. The van der Waals surface area contributed by atoms with Crippen LogP contribution >= 0.6 is 34.4 Å². The molecule has 0 amide bonds. The molecule has 7 heteroatoms. The Balaban J connectivity index is 1.51. The van der Waals surface area contributed by atoms with Gasteiger partial charge in [-0.15, -0.1) is 34.4 Å². The largest absolute Gasteiger partial charge is 0.333 e. The molecule has 0 spiro atoms. The van der Waals surface area contributed by atoms with Crippen LogP contribution in [0.15, 0.2) is 27.4 Å².